The number of nitrogens with zero attached hydrogens (tertiary/aromatic N) is 3. The molecule has 2 N–H and O–H groups in total. The minimum atomic E-state index is -4.61. The molecule has 2 unspecified atom stereocenters. The van der Waals surface area contributed by atoms with Crippen LogP contribution in [0.15, 0.2) is 49.1 Å². The number of alkyl halides is 3. The first-order valence-electron chi connectivity index (χ1n) is 11.6. The van der Waals surface area contributed by atoms with Crippen molar-refractivity contribution in [1.82, 2.24) is 25.4 Å². The maximum Gasteiger partial charge on any atom is 0.418 e. The molecule has 10 heteroatoms. The maximum absolute atomic E-state index is 14.2. The van der Waals surface area contributed by atoms with Crippen molar-refractivity contribution >= 4 is 6.09 Å². The molecule has 2 aromatic heterocycles. The second-order valence-electron chi connectivity index (χ2n) is 9.34. The molecule has 1 aromatic carbocycles. The second-order valence-corrected chi connectivity index (χ2v) is 9.34. The van der Waals surface area contributed by atoms with Gasteiger partial charge in [0.25, 0.3) is 0 Å². The number of hydrogen-bond donors (Lipinski definition) is 2. The van der Waals surface area contributed by atoms with E-state index in [0.717, 1.165) is 17.3 Å². The van der Waals surface area contributed by atoms with Crippen LogP contribution >= 0.6 is 0 Å². The highest BCUT2D eigenvalue weighted by Gasteiger charge is 2.52. The maximum atomic E-state index is 14.2. The number of benzene rings is 1. The molecule has 0 saturated carbocycles. The number of ether oxygens (including phenoxy) is 1. The Kier molecular flexibility index (Phi) is 5.79. The van der Waals surface area contributed by atoms with Crippen molar-refractivity contribution in [3.63, 3.8) is 0 Å². The summed E-state index contributed by atoms with van der Waals surface area (Å²) < 4.78 is 50.1. The van der Waals surface area contributed by atoms with E-state index in [1.807, 2.05) is 36.9 Å². The lowest BCUT2D eigenvalue weighted by Crippen LogP contribution is -2.51. The summed E-state index contributed by atoms with van der Waals surface area (Å²) in [6.07, 6.45) is 1.23. The van der Waals surface area contributed by atoms with Crippen molar-refractivity contribution in [2.24, 2.45) is 0 Å². The zero-order valence-electron chi connectivity index (χ0n) is 19.4. The Labute approximate surface area is 200 Å². The molecule has 2 aliphatic heterocycles. The standard InChI is InChI=1S/C25H26F3N5O2/c1-15(2)33-13-18(9-32-33)16-3-5-17(6-4-16)19-10-30-12-21(25(26,27)28)22(19)20-11-29-8-7-24(20)14-31-23(34)35-24/h3-6,9-10,12-13,15,20,29H,7-8,11,14H2,1-2H3,(H,31,34). The molecule has 0 radical (unpaired) electrons. The molecule has 1 amide bonds. The third-order valence-corrected chi connectivity index (χ3v) is 6.84. The van der Waals surface area contributed by atoms with E-state index in [2.05, 4.69) is 20.7 Å². The quantitative estimate of drug-likeness (QED) is 0.557. The Morgan fingerprint density at radius 3 is 2.49 bits per heavy atom. The number of carbonyl (C=O) groups excluding carboxylic acids is 1. The van der Waals surface area contributed by atoms with Gasteiger partial charge in [0.15, 0.2) is 0 Å². The molecule has 184 valence electrons. The predicted octanol–water partition coefficient (Wildman–Crippen LogP) is 4.77. The Morgan fingerprint density at radius 2 is 1.86 bits per heavy atom. The van der Waals surface area contributed by atoms with Gasteiger partial charge in [-0.1, -0.05) is 24.3 Å². The number of hydrogen-bond acceptors (Lipinski definition) is 5. The first-order valence-corrected chi connectivity index (χ1v) is 11.6. The highest BCUT2D eigenvalue weighted by Crippen LogP contribution is 2.47. The zero-order valence-corrected chi connectivity index (χ0v) is 19.4. The van der Waals surface area contributed by atoms with Crippen molar-refractivity contribution in [3.8, 4) is 22.3 Å². The topological polar surface area (TPSA) is 81.1 Å². The fourth-order valence-corrected chi connectivity index (χ4v) is 5.00. The van der Waals surface area contributed by atoms with Crippen LogP contribution in [0.1, 0.15) is 43.4 Å². The van der Waals surface area contributed by atoms with E-state index in [-0.39, 0.29) is 24.7 Å². The van der Waals surface area contributed by atoms with Crippen LogP contribution in [0, 0.1) is 0 Å². The van der Waals surface area contributed by atoms with Gasteiger partial charge in [0.2, 0.25) is 0 Å². The van der Waals surface area contributed by atoms with Crippen molar-refractivity contribution in [2.75, 3.05) is 19.6 Å². The summed E-state index contributed by atoms with van der Waals surface area (Å²) in [5.74, 6) is -0.700. The average Bonchev–Trinajstić information content (AvgIpc) is 3.46. The van der Waals surface area contributed by atoms with Crippen LogP contribution in [-0.2, 0) is 10.9 Å². The van der Waals surface area contributed by atoms with Crippen LogP contribution in [0.5, 0.6) is 0 Å². The van der Waals surface area contributed by atoms with E-state index in [1.165, 1.54) is 6.20 Å². The van der Waals surface area contributed by atoms with Gasteiger partial charge in [-0.05, 0) is 37.1 Å². The summed E-state index contributed by atoms with van der Waals surface area (Å²) in [7, 11) is 0. The lowest BCUT2D eigenvalue weighted by Gasteiger charge is -2.41. The molecule has 2 saturated heterocycles. The van der Waals surface area contributed by atoms with E-state index >= 15 is 0 Å². The highest BCUT2D eigenvalue weighted by molar-refractivity contribution is 5.74. The first-order chi connectivity index (χ1) is 16.7. The lowest BCUT2D eigenvalue weighted by molar-refractivity contribution is -0.139. The van der Waals surface area contributed by atoms with Gasteiger partial charge in [0, 0.05) is 54.6 Å². The van der Waals surface area contributed by atoms with E-state index < -0.39 is 29.4 Å². The molecule has 1 spiro atoms. The second kappa shape index (κ2) is 8.67. The molecule has 0 bridgehead atoms. The van der Waals surface area contributed by atoms with E-state index in [0.29, 0.717) is 24.1 Å². The minimum absolute atomic E-state index is 0.0941. The zero-order chi connectivity index (χ0) is 24.8. The number of pyridine rings is 1. The normalized spacial score (nSPS) is 22.5. The molecule has 0 aliphatic carbocycles. The lowest BCUT2D eigenvalue weighted by atomic mass is 9.74. The molecule has 35 heavy (non-hydrogen) atoms. The van der Waals surface area contributed by atoms with Crippen LogP contribution in [0.2, 0.25) is 0 Å². The van der Waals surface area contributed by atoms with Crippen molar-refractivity contribution in [3.05, 3.63) is 60.2 Å². The van der Waals surface area contributed by atoms with E-state index in [1.54, 1.807) is 18.3 Å². The Morgan fingerprint density at radius 1 is 1.11 bits per heavy atom. The number of aromatic nitrogens is 3. The number of carbonyl (C=O) groups is 1. The van der Waals surface area contributed by atoms with Gasteiger partial charge in [-0.2, -0.15) is 18.3 Å². The van der Waals surface area contributed by atoms with Crippen molar-refractivity contribution in [1.29, 1.82) is 0 Å². The molecular weight excluding hydrogens is 459 g/mol. The van der Waals surface area contributed by atoms with Gasteiger partial charge in [-0.15, -0.1) is 0 Å². The number of piperidine rings is 1. The monoisotopic (exact) mass is 485 g/mol. The molecule has 7 nitrogen and oxygen atoms in total. The molecule has 2 atom stereocenters. The minimum Gasteiger partial charge on any atom is -0.440 e. The Bertz CT molecular complexity index is 1240. The number of amides is 1. The van der Waals surface area contributed by atoms with Gasteiger partial charge in [0.1, 0.15) is 5.60 Å². The summed E-state index contributed by atoms with van der Waals surface area (Å²) in [5, 5.41) is 10.2. The van der Waals surface area contributed by atoms with Gasteiger partial charge >= 0.3 is 12.3 Å². The summed E-state index contributed by atoms with van der Waals surface area (Å²) in [5.41, 5.74) is 1.05. The molecule has 2 fully saturated rings. The summed E-state index contributed by atoms with van der Waals surface area (Å²) in [6.45, 7) is 5.03. The number of rotatable bonds is 4. The van der Waals surface area contributed by atoms with Crippen LogP contribution in [-0.4, -0.2) is 46.1 Å². The van der Waals surface area contributed by atoms with Crippen molar-refractivity contribution < 1.29 is 22.7 Å². The summed E-state index contributed by atoms with van der Waals surface area (Å²) in [4.78, 5) is 15.9. The molecule has 5 rings (SSSR count). The highest BCUT2D eigenvalue weighted by atomic mass is 19.4. The molecule has 4 heterocycles. The third kappa shape index (κ3) is 4.27. The molecular formula is C25H26F3N5O2. The van der Waals surface area contributed by atoms with Gasteiger partial charge in [-0.3, -0.25) is 9.67 Å². The first kappa shape index (κ1) is 23.3. The van der Waals surface area contributed by atoms with E-state index in [9.17, 15) is 18.0 Å². The van der Waals surface area contributed by atoms with Crippen LogP contribution < -0.4 is 10.6 Å². The molecule has 2 aliphatic rings. The number of alkyl carbamates (subject to hydrolysis) is 1. The predicted molar refractivity (Wildman–Crippen MR) is 124 cm³/mol. The van der Waals surface area contributed by atoms with Gasteiger partial charge in [0.05, 0.1) is 18.3 Å². The fourth-order valence-electron chi connectivity index (χ4n) is 5.00. The van der Waals surface area contributed by atoms with Gasteiger partial charge < -0.3 is 15.4 Å². The number of nitrogens with one attached hydrogen (secondary N) is 2. The fraction of sp³-hybridized carbons (Fsp3) is 0.400. The Hall–Kier alpha value is -3.40. The molecule has 3 aromatic rings. The van der Waals surface area contributed by atoms with Crippen LogP contribution in [0.25, 0.3) is 22.3 Å². The van der Waals surface area contributed by atoms with E-state index in [4.69, 9.17) is 4.74 Å². The summed E-state index contributed by atoms with van der Waals surface area (Å²) in [6, 6.07) is 7.55. The third-order valence-electron chi connectivity index (χ3n) is 6.84. The van der Waals surface area contributed by atoms with Crippen LogP contribution in [0.3, 0.4) is 0 Å². The summed E-state index contributed by atoms with van der Waals surface area (Å²) >= 11 is 0. The number of halogens is 3. The van der Waals surface area contributed by atoms with Gasteiger partial charge in [-0.25, -0.2) is 4.79 Å². The largest absolute Gasteiger partial charge is 0.440 e. The average molecular weight is 486 g/mol. The van der Waals surface area contributed by atoms with Crippen LogP contribution in [0.4, 0.5) is 18.0 Å². The SMILES string of the molecule is CC(C)n1cc(-c2ccc(-c3cncc(C(F)(F)F)c3C3CNCCC34CNC(=O)O4)cc2)cn1. The van der Waals surface area contributed by atoms with Crippen molar-refractivity contribution in [2.45, 2.75) is 44.0 Å². The smallest absolute Gasteiger partial charge is 0.418 e. The Balaban J connectivity index is 1.60.